The van der Waals surface area contributed by atoms with Crippen molar-refractivity contribution >= 4 is 5.97 Å². The number of aliphatic hydroxyl groups is 1. The van der Waals surface area contributed by atoms with Gasteiger partial charge in [0.15, 0.2) is 0 Å². The Morgan fingerprint density at radius 1 is 1.55 bits per heavy atom. The minimum absolute atomic E-state index is 0.532. The van der Waals surface area contributed by atoms with Gasteiger partial charge in [0.2, 0.25) is 0 Å². The summed E-state index contributed by atoms with van der Waals surface area (Å²) >= 11 is 0. The lowest BCUT2D eigenvalue weighted by Crippen LogP contribution is -2.22. The first-order valence-corrected chi connectivity index (χ1v) is 3.54. The van der Waals surface area contributed by atoms with Crippen molar-refractivity contribution in [3.63, 3.8) is 0 Å². The first kappa shape index (κ1) is 10.2. The number of carboxylic acids is 1. The molecule has 2 N–H and O–H groups in total. The molecule has 0 saturated heterocycles. The van der Waals surface area contributed by atoms with Gasteiger partial charge in [-0.15, -0.1) is 0 Å². The van der Waals surface area contributed by atoms with Crippen LogP contribution in [0.1, 0.15) is 27.2 Å². The van der Waals surface area contributed by atoms with Crippen molar-refractivity contribution in [2.24, 2.45) is 0 Å². The molecule has 0 heterocycles. The van der Waals surface area contributed by atoms with Crippen LogP contribution in [0.25, 0.3) is 0 Å². The second-order valence-electron chi connectivity index (χ2n) is 2.92. The molecule has 0 aliphatic heterocycles. The highest BCUT2D eigenvalue weighted by atomic mass is 16.4. The molecule has 3 nitrogen and oxygen atoms in total. The van der Waals surface area contributed by atoms with Crippen molar-refractivity contribution in [1.29, 1.82) is 0 Å². The first-order chi connectivity index (χ1) is 4.88. The number of hydrogen-bond donors (Lipinski definition) is 2. The maximum atomic E-state index is 10.2. The lowest BCUT2D eigenvalue weighted by molar-refractivity contribution is -0.131. The Bertz CT molecular complexity index is 174. The van der Waals surface area contributed by atoms with Crippen molar-refractivity contribution in [2.75, 3.05) is 0 Å². The molecule has 0 aromatic rings. The Morgan fingerprint density at radius 2 is 2.00 bits per heavy atom. The van der Waals surface area contributed by atoms with Gasteiger partial charge in [-0.1, -0.05) is 6.92 Å². The zero-order valence-electron chi connectivity index (χ0n) is 7.09. The number of hydrogen-bond acceptors (Lipinski definition) is 2. The molecule has 0 bridgehead atoms. The van der Waals surface area contributed by atoms with Crippen molar-refractivity contribution in [2.45, 2.75) is 32.8 Å². The van der Waals surface area contributed by atoms with E-state index in [9.17, 15) is 9.90 Å². The van der Waals surface area contributed by atoms with Crippen LogP contribution in [0.4, 0.5) is 0 Å². The van der Waals surface area contributed by atoms with Gasteiger partial charge >= 0.3 is 5.97 Å². The predicted octanol–water partition coefficient (Wildman–Crippen LogP) is 1.18. The van der Waals surface area contributed by atoms with E-state index >= 15 is 0 Å². The lowest BCUT2D eigenvalue weighted by Gasteiger charge is -2.19. The molecule has 0 aromatic carbocycles. The highest BCUT2D eigenvalue weighted by Gasteiger charge is 2.18. The van der Waals surface area contributed by atoms with E-state index in [1.165, 1.54) is 0 Å². The van der Waals surface area contributed by atoms with Crippen molar-refractivity contribution in [3.8, 4) is 0 Å². The van der Waals surface area contributed by atoms with Crippen LogP contribution in [-0.4, -0.2) is 21.8 Å². The molecule has 0 aliphatic rings. The molecule has 0 spiro atoms. The summed E-state index contributed by atoms with van der Waals surface area (Å²) in [7, 11) is 0. The average molecular weight is 158 g/mol. The molecular weight excluding hydrogens is 144 g/mol. The van der Waals surface area contributed by atoms with Crippen LogP contribution in [0.15, 0.2) is 11.6 Å². The highest BCUT2D eigenvalue weighted by Crippen LogP contribution is 2.17. The van der Waals surface area contributed by atoms with Crippen LogP contribution < -0.4 is 0 Å². The molecule has 0 rings (SSSR count). The normalized spacial score (nSPS) is 13.3. The van der Waals surface area contributed by atoms with Gasteiger partial charge in [-0.25, -0.2) is 4.79 Å². The maximum Gasteiger partial charge on any atom is 0.328 e. The number of aliphatic carboxylic acids is 1. The van der Waals surface area contributed by atoms with Crippen LogP contribution in [0, 0.1) is 0 Å². The topological polar surface area (TPSA) is 57.5 Å². The van der Waals surface area contributed by atoms with E-state index < -0.39 is 11.6 Å². The lowest BCUT2D eigenvalue weighted by atomic mass is 9.96. The first-order valence-electron chi connectivity index (χ1n) is 3.54. The summed E-state index contributed by atoms with van der Waals surface area (Å²) in [5, 5.41) is 17.8. The van der Waals surface area contributed by atoms with E-state index in [0.29, 0.717) is 12.0 Å². The molecule has 11 heavy (non-hydrogen) atoms. The van der Waals surface area contributed by atoms with Gasteiger partial charge in [0, 0.05) is 6.08 Å². The minimum atomic E-state index is -1.02. The van der Waals surface area contributed by atoms with E-state index in [1.807, 2.05) is 6.92 Å². The van der Waals surface area contributed by atoms with E-state index in [-0.39, 0.29) is 0 Å². The van der Waals surface area contributed by atoms with Crippen molar-refractivity contribution < 1.29 is 15.0 Å². The van der Waals surface area contributed by atoms with Crippen molar-refractivity contribution in [1.82, 2.24) is 0 Å². The third-order valence-corrected chi connectivity index (χ3v) is 1.46. The van der Waals surface area contributed by atoms with Gasteiger partial charge < -0.3 is 10.2 Å². The smallest absolute Gasteiger partial charge is 0.328 e. The molecule has 0 amide bonds. The van der Waals surface area contributed by atoms with E-state index in [4.69, 9.17) is 5.11 Å². The van der Waals surface area contributed by atoms with Gasteiger partial charge in [-0.2, -0.15) is 0 Å². The maximum absolute atomic E-state index is 10.2. The van der Waals surface area contributed by atoms with E-state index in [2.05, 4.69) is 0 Å². The van der Waals surface area contributed by atoms with Crippen LogP contribution in [-0.2, 0) is 4.79 Å². The van der Waals surface area contributed by atoms with Crippen LogP contribution >= 0.6 is 0 Å². The second kappa shape index (κ2) is 3.53. The van der Waals surface area contributed by atoms with Gasteiger partial charge in [0.1, 0.15) is 0 Å². The molecule has 64 valence electrons. The Balaban J connectivity index is 4.54. The predicted molar refractivity (Wildman–Crippen MR) is 42.3 cm³/mol. The molecule has 0 fully saturated rings. The van der Waals surface area contributed by atoms with Crippen LogP contribution in [0.2, 0.25) is 0 Å². The Kier molecular flexibility index (Phi) is 3.26. The molecule has 0 radical (unpaired) electrons. The van der Waals surface area contributed by atoms with E-state index in [1.54, 1.807) is 13.8 Å². The fourth-order valence-electron chi connectivity index (χ4n) is 0.860. The molecule has 0 atom stereocenters. The van der Waals surface area contributed by atoms with Crippen LogP contribution in [0.5, 0.6) is 0 Å². The summed E-state index contributed by atoms with van der Waals surface area (Å²) in [5.74, 6) is -1.01. The molecular formula is C8H14O3. The third-order valence-electron chi connectivity index (χ3n) is 1.46. The zero-order chi connectivity index (χ0) is 9.07. The Labute approximate surface area is 66.4 Å². The SMILES string of the molecule is CC/C(=C/C(=O)O)C(C)(C)O. The number of carboxylic acid groups (broad SMARTS) is 1. The second-order valence-corrected chi connectivity index (χ2v) is 2.92. The summed E-state index contributed by atoms with van der Waals surface area (Å²) in [6.07, 6.45) is 1.61. The van der Waals surface area contributed by atoms with Gasteiger partial charge in [0.25, 0.3) is 0 Å². The van der Waals surface area contributed by atoms with Crippen molar-refractivity contribution in [3.05, 3.63) is 11.6 Å². The standard InChI is InChI=1S/C8H14O3/c1-4-6(5-7(9)10)8(2,3)11/h5,11H,4H2,1-3H3,(H,9,10)/b6-5-. The molecule has 3 heteroatoms. The molecule has 0 saturated carbocycles. The quantitative estimate of drug-likeness (QED) is 0.606. The summed E-state index contributed by atoms with van der Waals surface area (Å²) in [6, 6.07) is 0. The van der Waals surface area contributed by atoms with Gasteiger partial charge in [-0.05, 0) is 25.8 Å². The summed E-state index contributed by atoms with van der Waals surface area (Å²) in [4.78, 5) is 10.2. The summed E-state index contributed by atoms with van der Waals surface area (Å²) < 4.78 is 0. The number of rotatable bonds is 3. The fourth-order valence-corrected chi connectivity index (χ4v) is 0.860. The largest absolute Gasteiger partial charge is 0.478 e. The minimum Gasteiger partial charge on any atom is -0.478 e. The summed E-state index contributed by atoms with van der Waals surface area (Å²) in [6.45, 7) is 4.96. The zero-order valence-corrected chi connectivity index (χ0v) is 7.09. The molecule has 0 aliphatic carbocycles. The monoisotopic (exact) mass is 158 g/mol. The van der Waals surface area contributed by atoms with Gasteiger partial charge in [-0.3, -0.25) is 0 Å². The summed E-state index contributed by atoms with van der Waals surface area (Å²) in [5.41, 5.74) is -0.488. The average Bonchev–Trinajstić information content (AvgIpc) is 1.79. The van der Waals surface area contributed by atoms with Gasteiger partial charge in [0.05, 0.1) is 5.60 Å². The molecule has 0 aromatic heterocycles. The Hall–Kier alpha value is -0.830. The third kappa shape index (κ3) is 3.78. The van der Waals surface area contributed by atoms with E-state index in [0.717, 1.165) is 6.08 Å². The molecule has 0 unspecified atom stereocenters. The number of carbonyl (C=O) groups is 1. The highest BCUT2D eigenvalue weighted by molar-refractivity contribution is 5.81. The fraction of sp³-hybridized carbons (Fsp3) is 0.625. The van der Waals surface area contributed by atoms with Crippen LogP contribution in [0.3, 0.4) is 0 Å². The Morgan fingerprint density at radius 3 is 2.09 bits per heavy atom.